The zero-order valence-corrected chi connectivity index (χ0v) is 11.6. The highest BCUT2D eigenvalue weighted by Gasteiger charge is 2.43. The first-order valence-electron chi connectivity index (χ1n) is 6.07. The fraction of sp³-hybridized carbons (Fsp3) is 0.545. The van der Waals surface area contributed by atoms with E-state index in [0.29, 0.717) is 0 Å². The maximum absolute atomic E-state index is 11.9. The Labute approximate surface area is 119 Å². The normalized spacial score (nSPS) is 29.8. The van der Waals surface area contributed by atoms with Crippen LogP contribution in [0.25, 0.3) is 0 Å². The summed E-state index contributed by atoms with van der Waals surface area (Å²) in [5.41, 5.74) is -0.674. The minimum absolute atomic E-state index is 0.0244. The van der Waals surface area contributed by atoms with Crippen LogP contribution in [0.2, 0.25) is 0 Å². The van der Waals surface area contributed by atoms with Crippen LogP contribution < -0.4 is 20.2 Å². The summed E-state index contributed by atoms with van der Waals surface area (Å²) >= 11 is 0. The van der Waals surface area contributed by atoms with Crippen molar-refractivity contribution in [1.29, 1.82) is 0 Å². The molecule has 0 radical (unpaired) electrons. The summed E-state index contributed by atoms with van der Waals surface area (Å²) in [6, 6.07) is 2.18. The molecule has 0 aliphatic carbocycles. The molecule has 3 N–H and O–H groups in total. The molecule has 21 heavy (non-hydrogen) atoms. The maximum atomic E-state index is 11.9. The van der Waals surface area contributed by atoms with E-state index in [1.54, 1.807) is 0 Å². The van der Waals surface area contributed by atoms with Crippen molar-refractivity contribution in [3.63, 3.8) is 0 Å². The summed E-state index contributed by atoms with van der Waals surface area (Å²) in [4.78, 5) is 43.9. The van der Waals surface area contributed by atoms with Crippen molar-refractivity contribution >= 4 is 7.94 Å². The van der Waals surface area contributed by atoms with E-state index >= 15 is 0 Å². The van der Waals surface area contributed by atoms with Crippen LogP contribution in [-0.4, -0.2) is 44.8 Å². The fourth-order valence-corrected chi connectivity index (χ4v) is 2.82. The van der Waals surface area contributed by atoms with Crippen molar-refractivity contribution in [1.82, 2.24) is 4.57 Å². The van der Waals surface area contributed by atoms with Crippen LogP contribution in [0.3, 0.4) is 0 Å². The number of aliphatic hydroxyl groups excluding tert-OH is 3. The van der Waals surface area contributed by atoms with E-state index in [2.05, 4.69) is 0 Å². The number of pyridine rings is 1. The van der Waals surface area contributed by atoms with Crippen molar-refractivity contribution in [2.24, 2.45) is 0 Å². The lowest BCUT2D eigenvalue weighted by molar-refractivity contribution is -0.428. The lowest BCUT2D eigenvalue weighted by Gasteiger charge is -2.42. The molecule has 10 heteroatoms. The van der Waals surface area contributed by atoms with Gasteiger partial charge in [-0.3, -0.25) is 9.36 Å². The Morgan fingerprint density at radius 1 is 1.29 bits per heavy atom. The lowest BCUT2D eigenvalue weighted by Crippen LogP contribution is -2.36. The third-order valence-electron chi connectivity index (χ3n) is 3.18. The quantitative estimate of drug-likeness (QED) is 0.471. The van der Waals surface area contributed by atoms with Gasteiger partial charge in [-0.15, -0.1) is 0 Å². The molecule has 1 aliphatic heterocycles. The molecule has 1 aromatic heterocycles. The third-order valence-corrected chi connectivity index (χ3v) is 3.93. The predicted octanol–water partition coefficient (Wildman–Crippen LogP) is -4.20. The first-order chi connectivity index (χ1) is 9.73. The molecule has 0 spiro atoms. The molecule has 9 nitrogen and oxygen atoms in total. The minimum Gasteiger partial charge on any atom is -0.687 e. The third kappa shape index (κ3) is 3.65. The van der Waals surface area contributed by atoms with Gasteiger partial charge in [0.05, 0.1) is 12.8 Å². The van der Waals surface area contributed by atoms with E-state index in [1.165, 1.54) is 6.07 Å². The second kappa shape index (κ2) is 6.07. The molecule has 2 rings (SSSR count). The summed E-state index contributed by atoms with van der Waals surface area (Å²) in [6.07, 6.45) is -4.64. The molecule has 4 atom stereocenters. The van der Waals surface area contributed by atoms with Gasteiger partial charge in [-0.25, -0.2) is 0 Å². The highest BCUT2D eigenvalue weighted by atomic mass is 31.2. The second-order valence-electron chi connectivity index (χ2n) is 4.78. The van der Waals surface area contributed by atoms with Gasteiger partial charge in [-0.05, 0) is 11.6 Å². The van der Waals surface area contributed by atoms with Gasteiger partial charge >= 0.3 is 0 Å². The Morgan fingerprint density at radius 3 is 2.43 bits per heavy atom. The second-order valence-corrected chi connectivity index (χ2v) is 6.32. The van der Waals surface area contributed by atoms with Gasteiger partial charge in [-0.1, -0.05) is 0 Å². The Bertz CT molecular complexity index is 556. The summed E-state index contributed by atoms with van der Waals surface area (Å²) < 4.78 is 6.13. The average Bonchev–Trinajstić information content (AvgIpc) is 2.65. The molecule has 0 aromatic carbocycles. The molecule has 0 amide bonds. The number of ether oxygens (including phenoxy) is 1. The van der Waals surface area contributed by atoms with Crippen LogP contribution in [0, 0.1) is 0 Å². The molecule has 0 unspecified atom stereocenters. The molecule has 118 valence electrons. The number of hydrogen-bond donors (Lipinski definition) is 3. The van der Waals surface area contributed by atoms with E-state index in [-0.39, 0.29) is 5.56 Å². The molecule has 0 bridgehead atoms. The topological polar surface area (TPSA) is 161 Å². The highest BCUT2D eigenvalue weighted by molar-refractivity contribution is 7.53. The number of hydrogen-bond acceptors (Lipinski definition) is 8. The Kier molecular flexibility index (Phi) is 4.76. The van der Waals surface area contributed by atoms with Gasteiger partial charge in [0.25, 0.3) is 5.56 Å². The zero-order chi connectivity index (χ0) is 15.8. The summed E-state index contributed by atoms with van der Waals surface area (Å²) in [6.45, 7) is -0.531. The Balaban J connectivity index is 2.24. The SMILES string of the molecule is O=c1cc(C[P+]([O-])([O-])[O-])ccn1[C@@H]1O[C@H](CO)[C@@H](O)[C@H]1O. The van der Waals surface area contributed by atoms with E-state index < -0.39 is 50.8 Å². The number of aliphatic hydroxyl groups is 3. The van der Waals surface area contributed by atoms with Crippen LogP contribution in [-0.2, 0) is 10.9 Å². The van der Waals surface area contributed by atoms with Crippen LogP contribution in [0.15, 0.2) is 23.1 Å². The molecule has 1 fully saturated rings. The zero-order valence-electron chi connectivity index (χ0n) is 10.7. The molecule has 1 saturated heterocycles. The summed E-state index contributed by atoms with van der Waals surface area (Å²) in [5.74, 6) is 0. The van der Waals surface area contributed by atoms with Crippen LogP contribution in [0.5, 0.6) is 0 Å². The molecular formula is C11H14NO8P-2. The monoisotopic (exact) mass is 319 g/mol. The van der Waals surface area contributed by atoms with Crippen LogP contribution in [0.1, 0.15) is 11.8 Å². The van der Waals surface area contributed by atoms with Crippen molar-refractivity contribution in [2.45, 2.75) is 30.7 Å². The molecule has 1 aliphatic rings. The Morgan fingerprint density at radius 2 is 1.95 bits per heavy atom. The van der Waals surface area contributed by atoms with Gasteiger partial charge in [0.1, 0.15) is 18.3 Å². The first kappa shape index (κ1) is 16.5. The largest absolute Gasteiger partial charge is 0.687 e. The number of aromatic nitrogens is 1. The van der Waals surface area contributed by atoms with E-state index in [1.807, 2.05) is 0 Å². The average molecular weight is 319 g/mol. The van der Waals surface area contributed by atoms with E-state index in [4.69, 9.17) is 9.84 Å². The van der Waals surface area contributed by atoms with Crippen LogP contribution >= 0.6 is 7.94 Å². The van der Waals surface area contributed by atoms with E-state index in [0.717, 1.165) is 16.8 Å². The first-order valence-corrected chi connectivity index (χ1v) is 7.80. The number of nitrogens with zero attached hydrogens (tertiary/aromatic N) is 1. The smallest absolute Gasteiger partial charge is 0.253 e. The molecule has 2 heterocycles. The Hall–Kier alpha value is -0.900. The predicted molar refractivity (Wildman–Crippen MR) is 64.3 cm³/mol. The van der Waals surface area contributed by atoms with Gasteiger partial charge < -0.3 is 34.7 Å². The van der Waals surface area contributed by atoms with Gasteiger partial charge in [-0.2, -0.15) is 7.94 Å². The number of rotatable bonds is 4. The van der Waals surface area contributed by atoms with Gasteiger partial charge in [0.2, 0.25) is 0 Å². The molecule has 1 aromatic rings. The molecular weight excluding hydrogens is 305 g/mol. The molecule has 0 saturated carbocycles. The van der Waals surface area contributed by atoms with Crippen molar-refractivity contribution < 1.29 is 34.7 Å². The fourth-order valence-electron chi connectivity index (χ4n) is 2.17. The van der Waals surface area contributed by atoms with E-state index in [9.17, 15) is 29.7 Å². The minimum atomic E-state index is -4.79. The van der Waals surface area contributed by atoms with Gasteiger partial charge in [0, 0.05) is 12.3 Å². The van der Waals surface area contributed by atoms with Crippen molar-refractivity contribution in [2.75, 3.05) is 6.61 Å². The van der Waals surface area contributed by atoms with Crippen molar-refractivity contribution in [3.05, 3.63) is 34.2 Å². The summed E-state index contributed by atoms with van der Waals surface area (Å²) in [5, 5.41) is 28.4. The standard InChI is InChI=1S/C11H16NO8P/c13-4-7-9(15)10(16)11(20-7)12-2-1-6(3-8(12)14)5-21(17,18)19/h1-3,7,9-11,13,15-16H,4-5H2,(H2,17,18,19)/p-2/t7-,9-,10-,11-/m1/s1. The van der Waals surface area contributed by atoms with Crippen LogP contribution in [0.4, 0.5) is 0 Å². The maximum Gasteiger partial charge on any atom is 0.253 e. The van der Waals surface area contributed by atoms with Gasteiger partial charge in [0.15, 0.2) is 6.23 Å². The van der Waals surface area contributed by atoms with Crippen molar-refractivity contribution in [3.8, 4) is 0 Å². The highest BCUT2D eigenvalue weighted by Crippen LogP contribution is 2.33. The summed E-state index contributed by atoms with van der Waals surface area (Å²) in [7, 11) is -4.79. The lowest BCUT2D eigenvalue weighted by atomic mass is 10.1.